The number of oxazole rings is 1. The molecule has 1 atom stereocenters. The number of aromatic nitrogens is 3. The minimum Gasteiger partial charge on any atom is -0.444 e. The van der Waals surface area contributed by atoms with E-state index >= 15 is 0 Å². The van der Waals surface area contributed by atoms with Crippen molar-refractivity contribution in [2.45, 2.75) is 13.0 Å². The van der Waals surface area contributed by atoms with Crippen LogP contribution in [0.2, 0.25) is 0 Å². The summed E-state index contributed by atoms with van der Waals surface area (Å²) < 4.78 is 7.07. The van der Waals surface area contributed by atoms with E-state index in [1.807, 2.05) is 55.6 Å². The maximum Gasteiger partial charge on any atom is 0.251 e. The van der Waals surface area contributed by atoms with Crippen molar-refractivity contribution >= 4 is 5.91 Å². The van der Waals surface area contributed by atoms with Gasteiger partial charge in [-0.3, -0.25) is 4.79 Å². The molecule has 1 amide bonds. The third-order valence-corrected chi connectivity index (χ3v) is 4.37. The van der Waals surface area contributed by atoms with Gasteiger partial charge in [0.05, 0.1) is 17.9 Å². The Hall–Kier alpha value is -3.67. The van der Waals surface area contributed by atoms with Gasteiger partial charge in [0.15, 0.2) is 12.2 Å². The molecule has 0 radical (unpaired) electrons. The molecule has 2 heterocycles. The lowest BCUT2D eigenvalue weighted by Gasteiger charge is -2.18. The normalized spacial score (nSPS) is 11.9. The third kappa shape index (κ3) is 3.50. The Morgan fingerprint density at radius 1 is 1.11 bits per heavy atom. The first-order valence-electron chi connectivity index (χ1n) is 8.61. The molecule has 1 N–H and O–H groups in total. The number of carbonyl (C=O) groups excluding carboxylic acids is 1. The molecular weight excluding hydrogens is 340 g/mol. The Labute approximate surface area is 156 Å². The van der Waals surface area contributed by atoms with E-state index < -0.39 is 0 Å². The summed E-state index contributed by atoms with van der Waals surface area (Å²) in [4.78, 5) is 16.6. The molecule has 27 heavy (non-hydrogen) atoms. The van der Waals surface area contributed by atoms with Crippen LogP contribution in [0.15, 0.2) is 84.0 Å². The van der Waals surface area contributed by atoms with E-state index in [9.17, 15) is 4.79 Å². The fourth-order valence-electron chi connectivity index (χ4n) is 2.98. The predicted octanol–water partition coefficient (Wildman–Crippen LogP) is 4.02. The van der Waals surface area contributed by atoms with Crippen molar-refractivity contribution in [2.24, 2.45) is 0 Å². The number of nitrogens with zero attached hydrogens (tertiary/aromatic N) is 3. The summed E-state index contributed by atoms with van der Waals surface area (Å²) in [7, 11) is 0. The third-order valence-electron chi connectivity index (χ3n) is 4.37. The smallest absolute Gasteiger partial charge is 0.251 e. The summed E-state index contributed by atoms with van der Waals surface area (Å²) >= 11 is 0. The van der Waals surface area contributed by atoms with Crippen molar-refractivity contribution in [3.63, 3.8) is 0 Å². The van der Waals surface area contributed by atoms with Gasteiger partial charge in [-0.25, -0.2) is 9.67 Å². The number of amides is 1. The van der Waals surface area contributed by atoms with Gasteiger partial charge < -0.3 is 9.73 Å². The quantitative estimate of drug-likeness (QED) is 0.585. The Balaban J connectivity index is 1.52. The van der Waals surface area contributed by atoms with E-state index in [0.29, 0.717) is 11.3 Å². The van der Waals surface area contributed by atoms with Crippen LogP contribution < -0.4 is 5.32 Å². The van der Waals surface area contributed by atoms with Crippen LogP contribution in [0.25, 0.3) is 17.0 Å². The highest BCUT2D eigenvalue weighted by molar-refractivity contribution is 5.94. The molecule has 0 unspecified atom stereocenters. The van der Waals surface area contributed by atoms with E-state index in [1.54, 1.807) is 29.2 Å². The number of hydrogen-bond donors (Lipinski definition) is 1. The molecule has 0 bridgehead atoms. The zero-order chi connectivity index (χ0) is 18.6. The zero-order valence-corrected chi connectivity index (χ0v) is 14.7. The van der Waals surface area contributed by atoms with E-state index in [0.717, 1.165) is 16.8 Å². The molecule has 0 spiro atoms. The number of benzene rings is 2. The number of carbonyl (C=O) groups is 1. The van der Waals surface area contributed by atoms with E-state index in [4.69, 9.17) is 4.42 Å². The predicted molar refractivity (Wildman–Crippen MR) is 101 cm³/mol. The van der Waals surface area contributed by atoms with Crippen molar-refractivity contribution in [1.82, 2.24) is 20.1 Å². The largest absolute Gasteiger partial charge is 0.444 e. The lowest BCUT2D eigenvalue weighted by Crippen LogP contribution is -2.27. The first kappa shape index (κ1) is 16.8. The molecule has 0 aliphatic heterocycles. The van der Waals surface area contributed by atoms with Gasteiger partial charge in [0.25, 0.3) is 5.91 Å². The highest BCUT2D eigenvalue weighted by Crippen LogP contribution is 2.22. The van der Waals surface area contributed by atoms with Gasteiger partial charge in [0, 0.05) is 23.5 Å². The molecule has 0 saturated heterocycles. The molecule has 6 nitrogen and oxygen atoms in total. The number of nitrogens with one attached hydrogen (secondary N) is 1. The van der Waals surface area contributed by atoms with Crippen LogP contribution in [0.4, 0.5) is 0 Å². The van der Waals surface area contributed by atoms with Crippen LogP contribution in [0.3, 0.4) is 0 Å². The minimum atomic E-state index is -0.174. The van der Waals surface area contributed by atoms with Gasteiger partial charge in [0.2, 0.25) is 0 Å². The lowest BCUT2D eigenvalue weighted by atomic mass is 10.0. The van der Waals surface area contributed by atoms with Crippen molar-refractivity contribution in [3.05, 3.63) is 90.7 Å². The van der Waals surface area contributed by atoms with E-state index in [1.165, 1.54) is 6.39 Å². The Morgan fingerprint density at radius 2 is 1.93 bits per heavy atom. The fourth-order valence-corrected chi connectivity index (χ4v) is 2.98. The second-order valence-corrected chi connectivity index (χ2v) is 6.15. The summed E-state index contributed by atoms with van der Waals surface area (Å²) in [6, 6.07) is 16.8. The molecule has 4 rings (SSSR count). The summed E-state index contributed by atoms with van der Waals surface area (Å²) in [6.45, 7) is 1.96. The molecule has 4 aromatic rings. The maximum atomic E-state index is 12.7. The van der Waals surface area contributed by atoms with Crippen molar-refractivity contribution < 1.29 is 9.21 Å². The van der Waals surface area contributed by atoms with Crippen LogP contribution in [-0.4, -0.2) is 20.7 Å². The second kappa shape index (κ2) is 7.29. The van der Waals surface area contributed by atoms with Crippen molar-refractivity contribution in [1.29, 1.82) is 0 Å². The van der Waals surface area contributed by atoms with Gasteiger partial charge in [0.1, 0.15) is 0 Å². The van der Waals surface area contributed by atoms with Crippen LogP contribution >= 0.6 is 0 Å². The zero-order valence-electron chi connectivity index (χ0n) is 14.7. The van der Waals surface area contributed by atoms with Crippen molar-refractivity contribution in [2.75, 3.05) is 0 Å². The van der Waals surface area contributed by atoms with Crippen LogP contribution in [0, 0.1) is 0 Å². The average molecular weight is 358 g/mol. The Morgan fingerprint density at radius 3 is 2.63 bits per heavy atom. The first-order chi connectivity index (χ1) is 13.2. The standard InChI is InChI=1S/C21H18N4O2/c1-15(18-5-2-3-6-19(18)25-12-4-11-23-25)24-21(26)17-9-7-16(8-10-17)20-13-22-14-27-20/h2-15H,1H3,(H,24,26)/t15-/m1/s1. The molecule has 134 valence electrons. The Kier molecular flexibility index (Phi) is 4.53. The maximum absolute atomic E-state index is 12.7. The second-order valence-electron chi connectivity index (χ2n) is 6.15. The molecule has 0 aliphatic carbocycles. The molecule has 0 saturated carbocycles. The van der Waals surface area contributed by atoms with Gasteiger partial charge >= 0.3 is 0 Å². The van der Waals surface area contributed by atoms with Crippen LogP contribution in [0.1, 0.15) is 28.9 Å². The molecule has 0 fully saturated rings. The highest BCUT2D eigenvalue weighted by atomic mass is 16.3. The van der Waals surface area contributed by atoms with Crippen LogP contribution in [0.5, 0.6) is 0 Å². The molecule has 2 aromatic heterocycles. The summed E-state index contributed by atoms with van der Waals surface area (Å²) in [6.07, 6.45) is 6.64. The number of rotatable bonds is 5. The monoisotopic (exact) mass is 358 g/mol. The first-order valence-corrected chi connectivity index (χ1v) is 8.61. The number of hydrogen-bond acceptors (Lipinski definition) is 4. The molecular formula is C21H18N4O2. The average Bonchev–Trinajstić information content (AvgIpc) is 3.42. The van der Waals surface area contributed by atoms with E-state index in [-0.39, 0.29) is 11.9 Å². The van der Waals surface area contributed by atoms with Crippen molar-refractivity contribution in [3.8, 4) is 17.0 Å². The summed E-state index contributed by atoms with van der Waals surface area (Å²) in [5.74, 6) is 0.533. The van der Waals surface area contributed by atoms with Crippen LogP contribution in [-0.2, 0) is 0 Å². The summed E-state index contributed by atoms with van der Waals surface area (Å²) in [5, 5.41) is 7.34. The van der Waals surface area contributed by atoms with Gasteiger partial charge in [-0.05, 0) is 36.8 Å². The highest BCUT2D eigenvalue weighted by Gasteiger charge is 2.15. The number of para-hydroxylation sites is 1. The van der Waals surface area contributed by atoms with E-state index in [2.05, 4.69) is 15.4 Å². The lowest BCUT2D eigenvalue weighted by molar-refractivity contribution is 0.0940. The Bertz CT molecular complexity index is 1020. The molecule has 2 aromatic carbocycles. The topological polar surface area (TPSA) is 73.0 Å². The molecule has 6 heteroatoms. The van der Waals surface area contributed by atoms with Gasteiger partial charge in [-0.2, -0.15) is 5.10 Å². The van der Waals surface area contributed by atoms with Gasteiger partial charge in [-0.1, -0.05) is 30.3 Å². The SMILES string of the molecule is C[C@@H](NC(=O)c1ccc(-c2cnco2)cc1)c1ccccc1-n1cccn1. The summed E-state index contributed by atoms with van der Waals surface area (Å²) in [5.41, 5.74) is 3.40. The molecule has 0 aliphatic rings. The fraction of sp³-hybridized carbons (Fsp3) is 0.0952. The van der Waals surface area contributed by atoms with Gasteiger partial charge in [-0.15, -0.1) is 0 Å². The minimum absolute atomic E-state index is 0.137.